The fraction of sp³-hybridized carbons (Fsp3) is 0.333. The summed E-state index contributed by atoms with van der Waals surface area (Å²) >= 11 is 1.66. The molecule has 0 unspecified atom stereocenters. The molecule has 1 fully saturated rings. The van der Waals surface area contributed by atoms with Crippen LogP contribution in [0.25, 0.3) is 0 Å². The Bertz CT molecular complexity index is 698. The first-order chi connectivity index (χ1) is 11.7. The highest BCUT2D eigenvalue weighted by Crippen LogP contribution is 2.17. The van der Waals surface area contributed by atoms with Crippen molar-refractivity contribution < 1.29 is 9.59 Å². The van der Waals surface area contributed by atoms with Crippen LogP contribution in [0.3, 0.4) is 0 Å². The van der Waals surface area contributed by atoms with Gasteiger partial charge in [0.05, 0.1) is 0 Å². The Morgan fingerprint density at radius 2 is 1.62 bits per heavy atom. The summed E-state index contributed by atoms with van der Waals surface area (Å²) < 4.78 is 0. The molecule has 126 valence electrons. The molecule has 0 saturated carbocycles. The van der Waals surface area contributed by atoms with E-state index < -0.39 is 0 Å². The van der Waals surface area contributed by atoms with Gasteiger partial charge < -0.3 is 14.8 Å². The van der Waals surface area contributed by atoms with Crippen molar-refractivity contribution >= 4 is 23.6 Å². The molecule has 1 saturated heterocycles. The number of benzene rings is 1. The van der Waals surface area contributed by atoms with Crippen molar-refractivity contribution in [1.29, 1.82) is 0 Å². The number of carbonyl (C=O) groups is 2. The minimum atomic E-state index is -0.00128. The summed E-state index contributed by atoms with van der Waals surface area (Å²) in [5, 5.41) is 0. The number of hydrogen-bond donors (Lipinski definition) is 1. The fourth-order valence-corrected chi connectivity index (χ4v) is 3.28. The van der Waals surface area contributed by atoms with Crippen molar-refractivity contribution in [1.82, 2.24) is 14.8 Å². The SMILES string of the molecule is CSc1ccc(C(=O)N2CCCN(C(=O)c3ccc[nH]3)CC2)cc1. The van der Waals surface area contributed by atoms with Gasteiger partial charge in [-0.1, -0.05) is 0 Å². The van der Waals surface area contributed by atoms with Crippen LogP contribution in [-0.4, -0.2) is 59.0 Å². The molecule has 0 radical (unpaired) electrons. The van der Waals surface area contributed by atoms with Crippen LogP contribution in [0, 0.1) is 0 Å². The van der Waals surface area contributed by atoms with Crippen molar-refractivity contribution in [2.24, 2.45) is 0 Å². The summed E-state index contributed by atoms with van der Waals surface area (Å²) in [5.74, 6) is 0.0375. The second-order valence-corrected chi connectivity index (χ2v) is 6.63. The van der Waals surface area contributed by atoms with Crippen LogP contribution >= 0.6 is 11.8 Å². The zero-order valence-corrected chi connectivity index (χ0v) is 14.5. The minimum Gasteiger partial charge on any atom is -0.357 e. The highest BCUT2D eigenvalue weighted by Gasteiger charge is 2.23. The second-order valence-electron chi connectivity index (χ2n) is 5.75. The molecule has 2 heterocycles. The van der Waals surface area contributed by atoms with Crippen molar-refractivity contribution in [3.63, 3.8) is 0 Å². The van der Waals surface area contributed by atoms with Crippen molar-refractivity contribution in [2.75, 3.05) is 32.4 Å². The first-order valence-electron chi connectivity index (χ1n) is 8.05. The van der Waals surface area contributed by atoms with Gasteiger partial charge in [0.25, 0.3) is 11.8 Å². The van der Waals surface area contributed by atoms with E-state index in [0.717, 1.165) is 11.3 Å². The molecule has 2 amide bonds. The fourth-order valence-electron chi connectivity index (χ4n) is 2.87. The molecule has 3 rings (SSSR count). The normalized spacial score (nSPS) is 15.2. The summed E-state index contributed by atoms with van der Waals surface area (Å²) in [6, 6.07) is 11.3. The molecule has 1 aliphatic rings. The smallest absolute Gasteiger partial charge is 0.270 e. The van der Waals surface area contributed by atoms with E-state index in [1.807, 2.05) is 46.4 Å². The third-order valence-electron chi connectivity index (χ3n) is 4.24. The Hall–Kier alpha value is -2.21. The molecule has 1 aliphatic heterocycles. The molecule has 0 spiro atoms. The third kappa shape index (κ3) is 3.64. The summed E-state index contributed by atoms with van der Waals surface area (Å²) in [6.45, 7) is 2.48. The minimum absolute atomic E-state index is 0.00128. The summed E-state index contributed by atoms with van der Waals surface area (Å²) in [7, 11) is 0. The number of nitrogens with one attached hydrogen (secondary N) is 1. The lowest BCUT2D eigenvalue weighted by Crippen LogP contribution is -2.37. The predicted molar refractivity (Wildman–Crippen MR) is 95.4 cm³/mol. The van der Waals surface area contributed by atoms with E-state index in [1.165, 1.54) is 0 Å². The number of thioether (sulfide) groups is 1. The maximum atomic E-state index is 12.7. The zero-order chi connectivity index (χ0) is 16.9. The first-order valence-corrected chi connectivity index (χ1v) is 9.27. The Labute approximate surface area is 146 Å². The van der Waals surface area contributed by atoms with Crippen LogP contribution in [0.4, 0.5) is 0 Å². The van der Waals surface area contributed by atoms with Crippen LogP contribution < -0.4 is 0 Å². The maximum absolute atomic E-state index is 12.7. The molecule has 6 heteroatoms. The van der Waals surface area contributed by atoms with Gasteiger partial charge in [-0.15, -0.1) is 11.8 Å². The lowest BCUT2D eigenvalue weighted by molar-refractivity contribution is 0.0716. The largest absolute Gasteiger partial charge is 0.357 e. The average molecular weight is 343 g/mol. The molecule has 5 nitrogen and oxygen atoms in total. The van der Waals surface area contributed by atoms with E-state index in [4.69, 9.17) is 0 Å². The van der Waals surface area contributed by atoms with Crippen LogP contribution in [0.15, 0.2) is 47.5 Å². The van der Waals surface area contributed by atoms with Gasteiger partial charge in [-0.3, -0.25) is 9.59 Å². The van der Waals surface area contributed by atoms with Gasteiger partial charge in [0.15, 0.2) is 0 Å². The number of aromatic amines is 1. The molecule has 0 atom stereocenters. The quantitative estimate of drug-likeness (QED) is 0.872. The lowest BCUT2D eigenvalue weighted by atomic mass is 10.2. The van der Waals surface area contributed by atoms with Gasteiger partial charge in [-0.05, 0) is 49.1 Å². The molecule has 1 aromatic heterocycles. The van der Waals surface area contributed by atoms with Crippen molar-refractivity contribution in [3.05, 3.63) is 53.9 Å². The molecule has 0 aliphatic carbocycles. The second kappa shape index (κ2) is 7.57. The summed E-state index contributed by atoms with van der Waals surface area (Å²) in [5.41, 5.74) is 1.30. The summed E-state index contributed by atoms with van der Waals surface area (Å²) in [6.07, 6.45) is 4.56. The number of H-pyrrole nitrogens is 1. The standard InChI is InChI=1S/C18H21N3O2S/c1-24-15-7-5-14(6-8-15)17(22)20-10-3-11-21(13-12-20)18(23)16-4-2-9-19-16/h2,4-9,19H,3,10-13H2,1H3. The van der Waals surface area contributed by atoms with Gasteiger partial charge in [0, 0.05) is 42.8 Å². The highest BCUT2D eigenvalue weighted by molar-refractivity contribution is 7.98. The van der Waals surface area contributed by atoms with Crippen LogP contribution in [-0.2, 0) is 0 Å². The Kier molecular flexibility index (Phi) is 5.25. The van der Waals surface area contributed by atoms with Gasteiger partial charge in [-0.25, -0.2) is 0 Å². The van der Waals surface area contributed by atoms with Crippen LogP contribution in [0.2, 0.25) is 0 Å². The monoisotopic (exact) mass is 343 g/mol. The van der Waals surface area contributed by atoms with E-state index in [1.54, 1.807) is 24.0 Å². The van der Waals surface area contributed by atoms with E-state index >= 15 is 0 Å². The molecule has 2 aromatic rings. The molecule has 1 aromatic carbocycles. The Morgan fingerprint density at radius 1 is 0.958 bits per heavy atom. The Morgan fingerprint density at radius 3 is 2.21 bits per heavy atom. The molecule has 0 bridgehead atoms. The maximum Gasteiger partial charge on any atom is 0.270 e. The van der Waals surface area contributed by atoms with Crippen LogP contribution in [0.1, 0.15) is 27.3 Å². The van der Waals surface area contributed by atoms with E-state index in [-0.39, 0.29) is 11.8 Å². The van der Waals surface area contributed by atoms with E-state index in [0.29, 0.717) is 37.4 Å². The molecular formula is C18H21N3O2S. The molecular weight excluding hydrogens is 322 g/mol. The molecule has 1 N–H and O–H groups in total. The highest BCUT2D eigenvalue weighted by atomic mass is 32.2. The van der Waals surface area contributed by atoms with Gasteiger partial charge in [0.2, 0.25) is 0 Å². The van der Waals surface area contributed by atoms with Gasteiger partial charge >= 0.3 is 0 Å². The van der Waals surface area contributed by atoms with E-state index in [2.05, 4.69) is 4.98 Å². The predicted octanol–water partition coefficient (Wildman–Crippen LogP) is 2.72. The topological polar surface area (TPSA) is 56.4 Å². The number of carbonyl (C=O) groups excluding carboxylic acids is 2. The number of amides is 2. The van der Waals surface area contributed by atoms with Crippen molar-refractivity contribution in [2.45, 2.75) is 11.3 Å². The zero-order valence-electron chi connectivity index (χ0n) is 13.7. The third-order valence-corrected chi connectivity index (χ3v) is 4.98. The number of rotatable bonds is 3. The number of aromatic nitrogens is 1. The lowest BCUT2D eigenvalue weighted by Gasteiger charge is -2.22. The average Bonchev–Trinajstić information content (AvgIpc) is 3.05. The first kappa shape index (κ1) is 16.6. The Balaban J connectivity index is 1.64. The van der Waals surface area contributed by atoms with Crippen LogP contribution in [0.5, 0.6) is 0 Å². The number of hydrogen-bond acceptors (Lipinski definition) is 3. The molecule has 24 heavy (non-hydrogen) atoms. The van der Waals surface area contributed by atoms with Gasteiger partial charge in [-0.2, -0.15) is 0 Å². The van der Waals surface area contributed by atoms with Crippen molar-refractivity contribution in [3.8, 4) is 0 Å². The number of nitrogens with zero attached hydrogens (tertiary/aromatic N) is 2. The van der Waals surface area contributed by atoms with E-state index in [9.17, 15) is 9.59 Å². The van der Waals surface area contributed by atoms with Gasteiger partial charge in [0.1, 0.15) is 5.69 Å². The summed E-state index contributed by atoms with van der Waals surface area (Å²) in [4.78, 5) is 32.8.